The van der Waals surface area contributed by atoms with Gasteiger partial charge in [-0.05, 0) is 39.7 Å². The van der Waals surface area contributed by atoms with Gasteiger partial charge in [0, 0.05) is 18.2 Å². The normalized spacial score (nSPS) is 15.7. The Hall–Kier alpha value is -3.07. The van der Waals surface area contributed by atoms with Crippen LogP contribution in [-0.4, -0.2) is 27.5 Å². The van der Waals surface area contributed by atoms with Crippen molar-refractivity contribution in [2.24, 2.45) is 5.16 Å². The number of amides is 1. The van der Waals surface area contributed by atoms with Gasteiger partial charge in [-0.2, -0.15) is 5.10 Å². The molecule has 1 aliphatic heterocycles. The molecule has 0 fully saturated rings. The van der Waals surface area contributed by atoms with E-state index >= 15 is 0 Å². The third-order valence-electron chi connectivity index (χ3n) is 4.39. The SMILES string of the molecule is O=C(Nc1nn(Cc2ccccc2F)cc1Br)C1CC(c2ccc(F)cc2)=NO1. The molecule has 1 aromatic heterocycles. The fourth-order valence-corrected chi connectivity index (χ4v) is 3.31. The molecule has 4 rings (SSSR count). The van der Waals surface area contributed by atoms with Crippen molar-refractivity contribution in [1.29, 1.82) is 0 Å². The van der Waals surface area contributed by atoms with Gasteiger partial charge in [-0.1, -0.05) is 35.5 Å². The Bertz CT molecular complexity index is 1080. The minimum atomic E-state index is -0.821. The van der Waals surface area contributed by atoms with Crippen LogP contribution in [0.5, 0.6) is 0 Å². The molecule has 0 bridgehead atoms. The van der Waals surface area contributed by atoms with Crippen LogP contribution in [0.3, 0.4) is 0 Å². The lowest BCUT2D eigenvalue weighted by Crippen LogP contribution is -2.28. The van der Waals surface area contributed by atoms with Crippen LogP contribution in [0, 0.1) is 11.6 Å². The second kappa shape index (κ2) is 8.12. The van der Waals surface area contributed by atoms with Gasteiger partial charge in [0.1, 0.15) is 11.6 Å². The number of hydrogen-bond donors (Lipinski definition) is 1. The summed E-state index contributed by atoms with van der Waals surface area (Å²) in [4.78, 5) is 17.7. The zero-order valence-corrected chi connectivity index (χ0v) is 16.6. The van der Waals surface area contributed by atoms with Crippen molar-refractivity contribution in [3.63, 3.8) is 0 Å². The minimum absolute atomic E-state index is 0.221. The van der Waals surface area contributed by atoms with Gasteiger partial charge >= 0.3 is 0 Å². The molecule has 148 valence electrons. The van der Waals surface area contributed by atoms with Crippen molar-refractivity contribution >= 4 is 33.4 Å². The minimum Gasteiger partial charge on any atom is -0.382 e. The molecule has 2 heterocycles. The number of hydrogen-bond acceptors (Lipinski definition) is 4. The lowest BCUT2D eigenvalue weighted by Gasteiger charge is -2.08. The van der Waals surface area contributed by atoms with Gasteiger partial charge in [-0.25, -0.2) is 8.78 Å². The molecule has 0 saturated carbocycles. The Morgan fingerprint density at radius 2 is 1.97 bits per heavy atom. The van der Waals surface area contributed by atoms with Crippen LogP contribution >= 0.6 is 15.9 Å². The zero-order valence-electron chi connectivity index (χ0n) is 15.0. The Balaban J connectivity index is 1.40. The molecule has 1 atom stereocenters. The molecule has 0 radical (unpaired) electrons. The van der Waals surface area contributed by atoms with E-state index in [1.165, 1.54) is 22.9 Å². The quantitative estimate of drug-likeness (QED) is 0.622. The topological polar surface area (TPSA) is 68.5 Å². The summed E-state index contributed by atoms with van der Waals surface area (Å²) in [5.41, 5.74) is 1.74. The zero-order chi connectivity index (χ0) is 20.4. The van der Waals surface area contributed by atoms with Crippen LogP contribution in [0.4, 0.5) is 14.6 Å². The maximum Gasteiger partial charge on any atom is 0.269 e. The molecular formula is C20H15BrF2N4O2. The van der Waals surface area contributed by atoms with Gasteiger partial charge in [0.25, 0.3) is 5.91 Å². The van der Waals surface area contributed by atoms with Gasteiger partial charge < -0.3 is 10.2 Å². The van der Waals surface area contributed by atoms with Crippen molar-refractivity contribution in [2.45, 2.75) is 19.1 Å². The van der Waals surface area contributed by atoms with E-state index < -0.39 is 12.0 Å². The maximum atomic E-state index is 13.8. The highest BCUT2D eigenvalue weighted by atomic mass is 79.9. The number of carbonyl (C=O) groups is 1. The van der Waals surface area contributed by atoms with E-state index in [-0.39, 0.29) is 24.6 Å². The van der Waals surface area contributed by atoms with E-state index in [4.69, 9.17) is 4.84 Å². The first-order valence-corrected chi connectivity index (χ1v) is 9.55. The summed E-state index contributed by atoms with van der Waals surface area (Å²) in [6.07, 6.45) is 1.09. The number of rotatable bonds is 5. The molecular weight excluding hydrogens is 446 g/mol. The first-order valence-electron chi connectivity index (χ1n) is 8.75. The largest absolute Gasteiger partial charge is 0.382 e. The average molecular weight is 461 g/mol. The Morgan fingerprint density at radius 3 is 2.72 bits per heavy atom. The van der Waals surface area contributed by atoms with Crippen molar-refractivity contribution in [3.05, 3.63) is 82.0 Å². The Kier molecular flexibility index (Phi) is 5.39. The fraction of sp³-hybridized carbons (Fsp3) is 0.150. The molecule has 29 heavy (non-hydrogen) atoms. The van der Waals surface area contributed by atoms with Gasteiger partial charge in [-0.15, -0.1) is 0 Å². The van der Waals surface area contributed by atoms with E-state index in [1.807, 2.05) is 0 Å². The van der Waals surface area contributed by atoms with Gasteiger partial charge in [0.2, 0.25) is 6.10 Å². The number of halogens is 3. The van der Waals surface area contributed by atoms with Crippen LogP contribution in [0.15, 0.2) is 64.4 Å². The molecule has 0 aliphatic carbocycles. The molecule has 1 unspecified atom stereocenters. The van der Waals surface area contributed by atoms with Gasteiger partial charge in [-0.3, -0.25) is 9.48 Å². The van der Waals surface area contributed by atoms with Crippen LogP contribution in [0.25, 0.3) is 0 Å². The molecule has 3 aromatic rings. The van der Waals surface area contributed by atoms with E-state index in [0.29, 0.717) is 27.1 Å². The van der Waals surface area contributed by atoms with Crippen LogP contribution in [-0.2, 0) is 16.2 Å². The van der Waals surface area contributed by atoms with Gasteiger partial charge in [0.05, 0.1) is 16.7 Å². The van der Waals surface area contributed by atoms with Crippen LogP contribution < -0.4 is 5.32 Å². The van der Waals surface area contributed by atoms with Crippen molar-refractivity contribution in [1.82, 2.24) is 9.78 Å². The van der Waals surface area contributed by atoms with Crippen molar-refractivity contribution in [3.8, 4) is 0 Å². The lowest BCUT2D eigenvalue weighted by molar-refractivity contribution is -0.125. The first-order chi connectivity index (χ1) is 14.0. The van der Waals surface area contributed by atoms with Crippen LogP contribution in [0.2, 0.25) is 0 Å². The summed E-state index contributed by atoms with van der Waals surface area (Å²) < 4.78 is 29.0. The third-order valence-corrected chi connectivity index (χ3v) is 4.97. The Labute approximate surface area is 173 Å². The molecule has 9 heteroatoms. The predicted octanol–water partition coefficient (Wildman–Crippen LogP) is 4.10. The summed E-state index contributed by atoms with van der Waals surface area (Å²) >= 11 is 3.34. The molecule has 0 saturated heterocycles. The molecule has 6 nitrogen and oxygen atoms in total. The van der Waals surface area contributed by atoms with Crippen molar-refractivity contribution < 1.29 is 18.4 Å². The number of carbonyl (C=O) groups excluding carboxylic acids is 1. The van der Waals surface area contributed by atoms with Gasteiger partial charge in [0.15, 0.2) is 5.82 Å². The van der Waals surface area contributed by atoms with E-state index in [1.54, 1.807) is 36.5 Å². The smallest absolute Gasteiger partial charge is 0.269 e. The summed E-state index contributed by atoms with van der Waals surface area (Å²) in [6.45, 7) is 0.221. The summed E-state index contributed by atoms with van der Waals surface area (Å²) in [5, 5.41) is 10.9. The summed E-state index contributed by atoms with van der Waals surface area (Å²) in [6, 6.07) is 12.2. The maximum absolute atomic E-state index is 13.8. The first kappa shape index (κ1) is 19.3. The fourth-order valence-electron chi connectivity index (χ4n) is 2.89. The average Bonchev–Trinajstić information content (AvgIpc) is 3.32. The standard InChI is InChI=1S/C20H15BrF2N4O2/c21-15-11-27(10-13-3-1-2-4-16(13)23)25-19(15)24-20(28)18-9-17(26-29-18)12-5-7-14(22)8-6-12/h1-8,11,18H,9-10H2,(H,24,25,28). The molecule has 2 aromatic carbocycles. The lowest BCUT2D eigenvalue weighted by atomic mass is 10.0. The second-order valence-corrected chi connectivity index (χ2v) is 7.30. The third kappa shape index (κ3) is 4.34. The number of nitrogens with zero attached hydrogens (tertiary/aromatic N) is 3. The highest BCUT2D eigenvalue weighted by Crippen LogP contribution is 2.23. The van der Waals surface area contributed by atoms with Crippen LogP contribution in [0.1, 0.15) is 17.5 Å². The predicted molar refractivity (Wildman–Crippen MR) is 106 cm³/mol. The number of aromatic nitrogens is 2. The number of benzene rings is 2. The summed E-state index contributed by atoms with van der Waals surface area (Å²) in [7, 11) is 0. The number of nitrogens with one attached hydrogen (secondary N) is 1. The Morgan fingerprint density at radius 1 is 1.21 bits per heavy atom. The summed E-state index contributed by atoms with van der Waals surface area (Å²) in [5.74, 6) is -0.791. The van der Waals surface area contributed by atoms with E-state index in [0.717, 1.165) is 0 Å². The van der Waals surface area contributed by atoms with E-state index in [2.05, 4.69) is 31.5 Å². The van der Waals surface area contributed by atoms with Crippen molar-refractivity contribution in [2.75, 3.05) is 5.32 Å². The second-order valence-electron chi connectivity index (χ2n) is 6.45. The molecule has 1 aliphatic rings. The molecule has 0 spiro atoms. The monoisotopic (exact) mass is 460 g/mol. The number of oxime groups is 1. The highest BCUT2D eigenvalue weighted by molar-refractivity contribution is 9.10. The molecule has 1 N–H and O–H groups in total. The molecule has 1 amide bonds. The van der Waals surface area contributed by atoms with E-state index in [9.17, 15) is 13.6 Å². The highest BCUT2D eigenvalue weighted by Gasteiger charge is 2.30. The number of anilines is 1.